The number of β-amino-alcohol motifs (C(OH)–C–C–N with tert-alkyl or cyclic N) is 1. The van der Waals surface area contributed by atoms with E-state index in [0.717, 1.165) is 43.8 Å². The first kappa shape index (κ1) is 14.5. The largest absolute Gasteiger partial charge is 0.494 e. The minimum absolute atomic E-state index is 0.0670. The number of benzene rings is 1. The number of likely N-dealkylation sites (tertiary alicyclic amines) is 1. The number of carbonyl (C=O) groups is 1. The Morgan fingerprint density at radius 2 is 2.14 bits per heavy atom. The molecule has 1 aromatic rings. The van der Waals surface area contributed by atoms with Crippen molar-refractivity contribution in [3.05, 3.63) is 29.3 Å². The fourth-order valence-electron chi connectivity index (χ4n) is 3.18. The number of aliphatic hydroxyl groups is 1. The van der Waals surface area contributed by atoms with E-state index < -0.39 is 5.60 Å². The maximum atomic E-state index is 11.5. The smallest absolute Gasteiger partial charge is 0.159 e. The lowest BCUT2D eigenvalue weighted by atomic mass is 9.88. The molecule has 2 fully saturated rings. The molecular weight excluding hydrogens is 266 g/mol. The van der Waals surface area contributed by atoms with Crippen LogP contribution in [0.15, 0.2) is 18.2 Å². The van der Waals surface area contributed by atoms with Gasteiger partial charge in [0.2, 0.25) is 0 Å². The molecule has 0 bridgehead atoms. The fraction of sp³-hybridized carbons (Fsp3) is 0.588. The van der Waals surface area contributed by atoms with Gasteiger partial charge in [0.05, 0.1) is 12.2 Å². The summed E-state index contributed by atoms with van der Waals surface area (Å²) in [5.74, 6) is 1.41. The Morgan fingerprint density at radius 1 is 1.43 bits per heavy atom. The molecule has 1 N–H and O–H groups in total. The summed E-state index contributed by atoms with van der Waals surface area (Å²) in [6, 6.07) is 5.61. The molecular formula is C17H23NO3. The number of carbonyl (C=O) groups excluding carboxylic acids is 1. The van der Waals surface area contributed by atoms with Crippen LogP contribution in [0.25, 0.3) is 0 Å². The minimum atomic E-state index is -0.468. The Hall–Kier alpha value is -1.39. The van der Waals surface area contributed by atoms with Gasteiger partial charge < -0.3 is 9.84 Å². The SMILES string of the molecule is CCOc1ccc(C(C)=O)cc1CN1CC(O)(C2CC2)C1. The third-order valence-corrected chi connectivity index (χ3v) is 4.49. The quantitative estimate of drug-likeness (QED) is 0.816. The van der Waals surface area contributed by atoms with E-state index in [0.29, 0.717) is 18.1 Å². The van der Waals surface area contributed by atoms with Crippen molar-refractivity contribution in [2.45, 2.75) is 38.8 Å². The molecule has 0 amide bonds. The van der Waals surface area contributed by atoms with Crippen molar-refractivity contribution in [1.82, 2.24) is 4.90 Å². The van der Waals surface area contributed by atoms with Gasteiger partial charge in [-0.05, 0) is 50.8 Å². The Kier molecular flexibility index (Phi) is 3.76. The molecule has 0 spiro atoms. The van der Waals surface area contributed by atoms with E-state index in [2.05, 4.69) is 4.90 Å². The summed E-state index contributed by atoms with van der Waals surface area (Å²) in [6.07, 6.45) is 2.32. The molecule has 0 unspecified atom stereocenters. The molecule has 2 aliphatic rings. The molecule has 4 heteroatoms. The van der Waals surface area contributed by atoms with Crippen LogP contribution in [-0.4, -0.2) is 41.1 Å². The van der Waals surface area contributed by atoms with Gasteiger partial charge in [-0.1, -0.05) is 0 Å². The van der Waals surface area contributed by atoms with Crippen LogP contribution in [0.3, 0.4) is 0 Å². The molecule has 0 atom stereocenters. The van der Waals surface area contributed by atoms with E-state index in [4.69, 9.17) is 4.74 Å². The number of hydrogen-bond donors (Lipinski definition) is 1. The zero-order chi connectivity index (χ0) is 15.0. The van der Waals surface area contributed by atoms with Crippen LogP contribution in [0.2, 0.25) is 0 Å². The molecule has 1 saturated heterocycles. The van der Waals surface area contributed by atoms with Gasteiger partial charge in [-0.3, -0.25) is 9.69 Å². The molecule has 1 saturated carbocycles. The molecule has 0 aromatic heterocycles. The molecule has 1 aliphatic heterocycles. The number of rotatable bonds is 6. The zero-order valence-corrected chi connectivity index (χ0v) is 12.8. The second-order valence-electron chi connectivity index (χ2n) is 6.33. The van der Waals surface area contributed by atoms with E-state index in [-0.39, 0.29) is 5.78 Å². The molecule has 1 aromatic carbocycles. The van der Waals surface area contributed by atoms with E-state index in [9.17, 15) is 9.90 Å². The highest BCUT2D eigenvalue weighted by Crippen LogP contribution is 2.45. The van der Waals surface area contributed by atoms with Crippen LogP contribution in [0.1, 0.15) is 42.6 Å². The van der Waals surface area contributed by atoms with E-state index >= 15 is 0 Å². The van der Waals surface area contributed by atoms with E-state index in [1.54, 1.807) is 6.92 Å². The Bertz CT molecular complexity index is 545. The second-order valence-corrected chi connectivity index (χ2v) is 6.33. The lowest BCUT2D eigenvalue weighted by Crippen LogP contribution is -2.62. The standard InChI is InChI=1S/C17H23NO3/c1-3-21-16-7-4-13(12(2)19)8-14(16)9-18-10-17(20,11-18)15-5-6-15/h4,7-8,15,20H,3,5-6,9-11H2,1-2H3. The van der Waals surface area contributed by atoms with Gasteiger partial charge in [-0.25, -0.2) is 0 Å². The lowest BCUT2D eigenvalue weighted by molar-refractivity contribution is -0.116. The maximum absolute atomic E-state index is 11.5. The first-order chi connectivity index (χ1) is 10.0. The molecule has 3 rings (SSSR count). The molecule has 21 heavy (non-hydrogen) atoms. The highest BCUT2D eigenvalue weighted by Gasteiger charge is 2.51. The summed E-state index contributed by atoms with van der Waals surface area (Å²) in [4.78, 5) is 13.8. The van der Waals surface area contributed by atoms with Crippen LogP contribution in [0.5, 0.6) is 5.75 Å². The van der Waals surface area contributed by atoms with Gasteiger partial charge >= 0.3 is 0 Å². The molecule has 1 aliphatic carbocycles. The van der Waals surface area contributed by atoms with Crippen molar-refractivity contribution in [3.8, 4) is 5.75 Å². The van der Waals surface area contributed by atoms with Gasteiger partial charge in [0, 0.05) is 30.8 Å². The molecule has 1 heterocycles. The highest BCUT2D eigenvalue weighted by molar-refractivity contribution is 5.94. The van der Waals surface area contributed by atoms with Gasteiger partial charge in [0.1, 0.15) is 5.75 Å². The number of ether oxygens (including phenoxy) is 1. The average molecular weight is 289 g/mol. The van der Waals surface area contributed by atoms with Crippen molar-refractivity contribution >= 4 is 5.78 Å². The third kappa shape index (κ3) is 2.97. The second kappa shape index (κ2) is 5.43. The summed E-state index contributed by atoms with van der Waals surface area (Å²) >= 11 is 0. The van der Waals surface area contributed by atoms with Crippen LogP contribution in [-0.2, 0) is 6.54 Å². The van der Waals surface area contributed by atoms with Crippen molar-refractivity contribution in [1.29, 1.82) is 0 Å². The Labute approximate surface area is 125 Å². The van der Waals surface area contributed by atoms with Crippen LogP contribution in [0, 0.1) is 5.92 Å². The van der Waals surface area contributed by atoms with Crippen molar-refractivity contribution in [2.24, 2.45) is 5.92 Å². The Balaban J connectivity index is 1.71. The topological polar surface area (TPSA) is 49.8 Å². The highest BCUT2D eigenvalue weighted by atomic mass is 16.5. The fourth-order valence-corrected chi connectivity index (χ4v) is 3.18. The summed E-state index contributed by atoms with van der Waals surface area (Å²) in [6.45, 7) is 6.33. The van der Waals surface area contributed by atoms with Crippen LogP contribution < -0.4 is 4.74 Å². The first-order valence-electron chi connectivity index (χ1n) is 7.73. The Morgan fingerprint density at radius 3 is 2.71 bits per heavy atom. The van der Waals surface area contributed by atoms with Crippen molar-refractivity contribution in [2.75, 3.05) is 19.7 Å². The van der Waals surface area contributed by atoms with Gasteiger partial charge in [0.25, 0.3) is 0 Å². The van der Waals surface area contributed by atoms with Crippen molar-refractivity contribution < 1.29 is 14.6 Å². The van der Waals surface area contributed by atoms with Gasteiger partial charge in [0.15, 0.2) is 5.78 Å². The maximum Gasteiger partial charge on any atom is 0.159 e. The summed E-state index contributed by atoms with van der Waals surface area (Å²) in [7, 11) is 0. The number of Topliss-reactive ketones (excluding diaryl/α,β-unsaturated/α-hetero) is 1. The first-order valence-corrected chi connectivity index (χ1v) is 7.73. The summed E-state index contributed by atoms with van der Waals surface area (Å²) in [5, 5.41) is 10.4. The van der Waals surface area contributed by atoms with E-state index in [1.807, 2.05) is 25.1 Å². The van der Waals surface area contributed by atoms with Crippen molar-refractivity contribution in [3.63, 3.8) is 0 Å². The third-order valence-electron chi connectivity index (χ3n) is 4.49. The number of hydrogen-bond acceptors (Lipinski definition) is 4. The molecule has 114 valence electrons. The lowest BCUT2D eigenvalue weighted by Gasteiger charge is -2.47. The molecule has 0 radical (unpaired) electrons. The summed E-state index contributed by atoms with van der Waals surface area (Å²) < 4.78 is 5.65. The normalized spacial score (nSPS) is 20.9. The average Bonchev–Trinajstić information content (AvgIpc) is 3.23. The monoisotopic (exact) mass is 289 g/mol. The van der Waals surface area contributed by atoms with Gasteiger partial charge in [-0.15, -0.1) is 0 Å². The predicted molar refractivity (Wildman–Crippen MR) is 80.6 cm³/mol. The number of ketones is 1. The molecule has 4 nitrogen and oxygen atoms in total. The summed E-state index contributed by atoms with van der Waals surface area (Å²) in [5.41, 5.74) is 1.28. The van der Waals surface area contributed by atoms with E-state index in [1.165, 1.54) is 0 Å². The minimum Gasteiger partial charge on any atom is -0.494 e. The van der Waals surface area contributed by atoms with Crippen LogP contribution >= 0.6 is 0 Å². The number of nitrogens with zero attached hydrogens (tertiary/aromatic N) is 1. The zero-order valence-electron chi connectivity index (χ0n) is 12.8. The predicted octanol–water partition coefficient (Wildman–Crippen LogP) is 2.24. The van der Waals surface area contributed by atoms with Crippen LogP contribution in [0.4, 0.5) is 0 Å². The van der Waals surface area contributed by atoms with Gasteiger partial charge in [-0.2, -0.15) is 0 Å².